The maximum absolute atomic E-state index is 11.9. The number of carboxylic acid groups (broad SMARTS) is 2. The van der Waals surface area contributed by atoms with Crippen molar-refractivity contribution in [1.29, 1.82) is 0 Å². The van der Waals surface area contributed by atoms with E-state index in [1.807, 2.05) is 4.98 Å². The molecule has 1 aromatic carbocycles. The van der Waals surface area contributed by atoms with Crippen LogP contribution in [0.5, 0.6) is 0 Å². The SMILES string of the molecule is Nc1[nH]c(=O)c(C(=O)O)c(-c2cc(Br)cc(Br)c2)c1C(=O)O. The molecular weight excluding hydrogens is 424 g/mol. The number of carbonyl (C=O) groups is 2. The van der Waals surface area contributed by atoms with E-state index in [9.17, 15) is 24.6 Å². The molecule has 1 heterocycles. The number of H-pyrrole nitrogens is 1. The predicted molar refractivity (Wildman–Crippen MR) is 86.2 cm³/mol. The van der Waals surface area contributed by atoms with Crippen molar-refractivity contribution in [2.75, 3.05) is 5.73 Å². The number of benzene rings is 1. The lowest BCUT2D eigenvalue weighted by Gasteiger charge is -2.12. The average molecular weight is 432 g/mol. The van der Waals surface area contributed by atoms with Gasteiger partial charge in [0.25, 0.3) is 5.56 Å². The van der Waals surface area contributed by atoms with Gasteiger partial charge in [-0.25, -0.2) is 9.59 Å². The summed E-state index contributed by atoms with van der Waals surface area (Å²) in [5.41, 5.74) is 3.41. The molecule has 0 atom stereocenters. The lowest BCUT2D eigenvalue weighted by molar-refractivity contribution is 0.0695. The van der Waals surface area contributed by atoms with Gasteiger partial charge in [-0.1, -0.05) is 31.9 Å². The summed E-state index contributed by atoms with van der Waals surface area (Å²) in [6, 6.07) is 4.68. The predicted octanol–water partition coefficient (Wildman–Crippen LogP) is 2.55. The van der Waals surface area contributed by atoms with Gasteiger partial charge in [-0.2, -0.15) is 0 Å². The molecule has 5 N–H and O–H groups in total. The number of carboxylic acids is 2. The second-order valence-electron chi connectivity index (χ2n) is 4.26. The van der Waals surface area contributed by atoms with Crippen LogP contribution in [0.1, 0.15) is 20.7 Å². The van der Waals surface area contributed by atoms with Gasteiger partial charge in [0.2, 0.25) is 0 Å². The quantitative estimate of drug-likeness (QED) is 0.590. The molecule has 0 bridgehead atoms. The van der Waals surface area contributed by atoms with Crippen molar-refractivity contribution in [2.24, 2.45) is 0 Å². The lowest BCUT2D eigenvalue weighted by Crippen LogP contribution is -2.24. The summed E-state index contributed by atoms with van der Waals surface area (Å²) in [5.74, 6) is -3.40. The monoisotopic (exact) mass is 430 g/mol. The second-order valence-corrected chi connectivity index (χ2v) is 6.09. The highest BCUT2D eigenvalue weighted by molar-refractivity contribution is 9.11. The van der Waals surface area contributed by atoms with Crippen LogP contribution in [0, 0.1) is 0 Å². The molecule has 0 saturated heterocycles. The van der Waals surface area contributed by atoms with Gasteiger partial charge in [0.1, 0.15) is 16.9 Å². The Kier molecular flexibility index (Phi) is 4.38. The Morgan fingerprint density at radius 1 is 1.00 bits per heavy atom. The van der Waals surface area contributed by atoms with Crippen LogP contribution in [0.2, 0.25) is 0 Å². The van der Waals surface area contributed by atoms with E-state index in [4.69, 9.17) is 5.73 Å². The average Bonchev–Trinajstić information content (AvgIpc) is 2.35. The maximum atomic E-state index is 11.9. The molecule has 22 heavy (non-hydrogen) atoms. The van der Waals surface area contributed by atoms with Crippen LogP contribution < -0.4 is 11.3 Å². The smallest absolute Gasteiger partial charge is 0.342 e. The molecular formula is C13H8Br2N2O5. The number of nitrogens with one attached hydrogen (secondary N) is 1. The molecule has 0 saturated carbocycles. The van der Waals surface area contributed by atoms with Crippen LogP contribution in [0.15, 0.2) is 31.9 Å². The van der Waals surface area contributed by atoms with Gasteiger partial charge in [-0.15, -0.1) is 0 Å². The minimum Gasteiger partial charge on any atom is -0.478 e. The summed E-state index contributed by atoms with van der Waals surface area (Å²) in [4.78, 5) is 36.8. The highest BCUT2D eigenvalue weighted by Crippen LogP contribution is 2.33. The van der Waals surface area contributed by atoms with E-state index in [1.165, 1.54) is 12.1 Å². The van der Waals surface area contributed by atoms with Gasteiger partial charge < -0.3 is 20.9 Å². The van der Waals surface area contributed by atoms with E-state index < -0.39 is 34.4 Å². The van der Waals surface area contributed by atoms with Crippen LogP contribution in [0.4, 0.5) is 5.82 Å². The highest BCUT2D eigenvalue weighted by atomic mass is 79.9. The van der Waals surface area contributed by atoms with Crippen molar-refractivity contribution in [3.63, 3.8) is 0 Å². The molecule has 7 nitrogen and oxygen atoms in total. The fourth-order valence-electron chi connectivity index (χ4n) is 2.03. The normalized spacial score (nSPS) is 10.5. The van der Waals surface area contributed by atoms with E-state index in [0.29, 0.717) is 8.95 Å². The van der Waals surface area contributed by atoms with Crippen LogP contribution in [0.25, 0.3) is 11.1 Å². The summed E-state index contributed by atoms with van der Waals surface area (Å²) in [6.45, 7) is 0. The van der Waals surface area contributed by atoms with Crippen molar-refractivity contribution >= 4 is 49.6 Å². The number of nitrogens with two attached hydrogens (primary N) is 1. The maximum Gasteiger partial charge on any atom is 0.342 e. The summed E-state index contributed by atoms with van der Waals surface area (Å²) < 4.78 is 1.15. The summed E-state index contributed by atoms with van der Waals surface area (Å²) in [7, 11) is 0. The van der Waals surface area contributed by atoms with E-state index in [2.05, 4.69) is 31.9 Å². The van der Waals surface area contributed by atoms with Gasteiger partial charge in [-0.05, 0) is 23.8 Å². The number of aromatic amines is 1. The van der Waals surface area contributed by atoms with E-state index in [1.54, 1.807) is 6.07 Å². The van der Waals surface area contributed by atoms with Crippen LogP contribution in [-0.2, 0) is 0 Å². The minimum atomic E-state index is -1.55. The third kappa shape index (κ3) is 2.90. The fourth-order valence-corrected chi connectivity index (χ4v) is 3.33. The Labute approximate surface area is 140 Å². The number of hydrogen-bond acceptors (Lipinski definition) is 4. The molecule has 0 unspecified atom stereocenters. The Balaban J connectivity index is 3.02. The summed E-state index contributed by atoms with van der Waals surface area (Å²) in [6.07, 6.45) is 0. The Bertz CT molecular complexity index is 840. The van der Waals surface area contributed by atoms with Gasteiger partial charge in [0.15, 0.2) is 0 Å². The van der Waals surface area contributed by atoms with Crippen molar-refractivity contribution < 1.29 is 19.8 Å². The summed E-state index contributed by atoms with van der Waals surface area (Å²) >= 11 is 6.46. The number of aromatic nitrogens is 1. The van der Waals surface area contributed by atoms with Gasteiger partial charge in [-0.3, -0.25) is 4.79 Å². The van der Waals surface area contributed by atoms with Gasteiger partial charge in [0, 0.05) is 14.5 Å². The zero-order valence-corrected chi connectivity index (χ0v) is 13.9. The minimum absolute atomic E-state index is 0.230. The van der Waals surface area contributed by atoms with Gasteiger partial charge in [0.05, 0.1) is 0 Å². The van der Waals surface area contributed by atoms with Gasteiger partial charge >= 0.3 is 11.9 Å². The molecule has 2 rings (SSSR count). The molecule has 2 aromatic rings. The number of pyridine rings is 1. The molecule has 0 aliphatic heterocycles. The molecule has 0 aliphatic rings. The van der Waals surface area contributed by atoms with Crippen molar-refractivity contribution in [3.8, 4) is 11.1 Å². The highest BCUT2D eigenvalue weighted by Gasteiger charge is 2.26. The molecule has 0 spiro atoms. The molecule has 0 fully saturated rings. The topological polar surface area (TPSA) is 133 Å². The third-order valence-electron chi connectivity index (χ3n) is 2.82. The first-order chi connectivity index (χ1) is 10.2. The second kappa shape index (κ2) is 5.93. The number of aromatic carboxylic acids is 2. The van der Waals surface area contributed by atoms with E-state index in [0.717, 1.165) is 0 Å². The Morgan fingerprint density at radius 3 is 1.95 bits per heavy atom. The first kappa shape index (κ1) is 16.2. The lowest BCUT2D eigenvalue weighted by atomic mass is 9.95. The Morgan fingerprint density at radius 2 is 1.50 bits per heavy atom. The zero-order valence-electron chi connectivity index (χ0n) is 10.7. The number of halogens is 2. The van der Waals surface area contributed by atoms with Crippen LogP contribution >= 0.6 is 31.9 Å². The first-order valence-electron chi connectivity index (χ1n) is 5.71. The van der Waals surface area contributed by atoms with E-state index in [-0.39, 0.29) is 11.1 Å². The van der Waals surface area contributed by atoms with Crippen molar-refractivity contribution in [3.05, 3.63) is 48.6 Å². The molecule has 0 radical (unpaired) electrons. The zero-order chi connectivity index (χ0) is 16.6. The van der Waals surface area contributed by atoms with Crippen molar-refractivity contribution in [1.82, 2.24) is 4.98 Å². The number of anilines is 1. The van der Waals surface area contributed by atoms with Crippen molar-refractivity contribution in [2.45, 2.75) is 0 Å². The third-order valence-corrected chi connectivity index (χ3v) is 3.74. The van der Waals surface area contributed by atoms with Crippen LogP contribution in [0.3, 0.4) is 0 Å². The van der Waals surface area contributed by atoms with Crippen LogP contribution in [-0.4, -0.2) is 27.1 Å². The Hall–Kier alpha value is -2.13. The molecule has 9 heteroatoms. The number of hydrogen-bond donors (Lipinski definition) is 4. The fraction of sp³-hybridized carbons (Fsp3) is 0. The molecule has 0 aliphatic carbocycles. The largest absolute Gasteiger partial charge is 0.478 e. The molecule has 114 valence electrons. The summed E-state index contributed by atoms with van der Waals surface area (Å²) in [5, 5.41) is 18.6. The van der Waals surface area contributed by atoms with E-state index >= 15 is 0 Å². The molecule has 0 amide bonds. The first-order valence-corrected chi connectivity index (χ1v) is 7.29. The number of nitrogen functional groups attached to an aromatic ring is 1. The molecule has 1 aromatic heterocycles. The number of rotatable bonds is 3. The standard InChI is InChI=1S/C13H8Br2N2O5/c14-5-1-4(2-6(15)3-5)7-8(12(19)20)10(16)17-11(18)9(7)13(21)22/h1-3H,(H,19,20)(H,21,22)(H3,16,17,18).